The zero-order valence-electron chi connectivity index (χ0n) is 11.6. The highest BCUT2D eigenvalue weighted by atomic mass is 16.1. The minimum atomic E-state index is -0.103. The molecule has 1 unspecified atom stereocenters. The highest BCUT2D eigenvalue weighted by Crippen LogP contribution is 2.14. The number of hydrogen-bond donors (Lipinski definition) is 2. The van der Waals surface area contributed by atoms with Gasteiger partial charge in [-0.25, -0.2) is 0 Å². The molecule has 1 amide bonds. The fourth-order valence-electron chi connectivity index (χ4n) is 1.68. The molecule has 0 radical (unpaired) electrons. The van der Waals surface area contributed by atoms with Crippen LogP contribution >= 0.6 is 0 Å². The van der Waals surface area contributed by atoms with Gasteiger partial charge in [0.05, 0.1) is 0 Å². The molecule has 0 aliphatic carbocycles. The molecule has 1 atom stereocenters. The third kappa shape index (κ3) is 4.49. The fourth-order valence-corrected chi connectivity index (χ4v) is 1.68. The lowest BCUT2D eigenvalue weighted by Gasteiger charge is -2.10. The molecule has 3 nitrogen and oxygen atoms in total. The van der Waals surface area contributed by atoms with Crippen LogP contribution in [0.5, 0.6) is 0 Å². The Balaban J connectivity index is 2.38. The van der Waals surface area contributed by atoms with E-state index in [9.17, 15) is 4.79 Å². The molecule has 3 heteroatoms. The topological polar surface area (TPSA) is 55.1 Å². The zero-order chi connectivity index (χ0) is 13.5. The van der Waals surface area contributed by atoms with E-state index in [0.29, 0.717) is 19.0 Å². The first-order chi connectivity index (χ1) is 8.54. The molecule has 0 saturated carbocycles. The molecule has 18 heavy (non-hydrogen) atoms. The van der Waals surface area contributed by atoms with E-state index in [0.717, 1.165) is 6.42 Å². The van der Waals surface area contributed by atoms with Gasteiger partial charge in [-0.15, -0.1) is 0 Å². The Morgan fingerprint density at radius 1 is 1.22 bits per heavy atom. The summed E-state index contributed by atoms with van der Waals surface area (Å²) in [7, 11) is 0. The van der Waals surface area contributed by atoms with Gasteiger partial charge in [0.2, 0.25) is 5.91 Å². The summed E-state index contributed by atoms with van der Waals surface area (Å²) in [5.74, 6) is 0.494. The Morgan fingerprint density at radius 3 is 2.33 bits per heavy atom. The van der Waals surface area contributed by atoms with E-state index < -0.39 is 0 Å². The molecular formula is C15H24N2O. The van der Waals surface area contributed by atoms with Gasteiger partial charge in [0.1, 0.15) is 0 Å². The summed E-state index contributed by atoms with van der Waals surface area (Å²) < 4.78 is 0. The number of amides is 1. The smallest absolute Gasteiger partial charge is 0.224 e. The number of hydrogen-bond acceptors (Lipinski definition) is 2. The minimum Gasteiger partial charge on any atom is -0.355 e. The lowest BCUT2D eigenvalue weighted by atomic mass is 10.0. The normalized spacial score (nSPS) is 12.5. The predicted molar refractivity (Wildman–Crippen MR) is 75.5 cm³/mol. The van der Waals surface area contributed by atoms with E-state index in [-0.39, 0.29) is 11.8 Å². The van der Waals surface area contributed by atoms with Crippen molar-refractivity contribution in [3.63, 3.8) is 0 Å². The van der Waals surface area contributed by atoms with E-state index in [2.05, 4.69) is 43.4 Å². The van der Waals surface area contributed by atoms with Crippen LogP contribution in [0.4, 0.5) is 0 Å². The van der Waals surface area contributed by atoms with Gasteiger partial charge in [0, 0.05) is 19.0 Å². The van der Waals surface area contributed by atoms with Gasteiger partial charge in [-0.3, -0.25) is 4.79 Å². The lowest BCUT2D eigenvalue weighted by Crippen LogP contribution is -2.34. The predicted octanol–water partition coefficient (Wildman–Crippen LogP) is 2.06. The Kier molecular flexibility index (Phi) is 5.86. The second-order valence-corrected chi connectivity index (χ2v) is 5.07. The minimum absolute atomic E-state index is 0.0382. The Labute approximate surface area is 110 Å². The quantitative estimate of drug-likeness (QED) is 0.809. The monoisotopic (exact) mass is 248 g/mol. The van der Waals surface area contributed by atoms with E-state index >= 15 is 0 Å². The van der Waals surface area contributed by atoms with Crippen molar-refractivity contribution in [3.8, 4) is 0 Å². The number of rotatable bonds is 6. The maximum atomic E-state index is 11.5. The summed E-state index contributed by atoms with van der Waals surface area (Å²) in [5.41, 5.74) is 8.04. The van der Waals surface area contributed by atoms with Crippen molar-refractivity contribution in [2.75, 3.05) is 13.1 Å². The van der Waals surface area contributed by atoms with Crippen LogP contribution in [-0.4, -0.2) is 19.0 Å². The number of carbonyl (C=O) groups is 1. The molecule has 3 N–H and O–H groups in total. The molecule has 0 aliphatic heterocycles. The molecule has 0 aromatic heterocycles. The summed E-state index contributed by atoms with van der Waals surface area (Å²) in [5, 5.41) is 2.90. The standard InChI is InChI=1S/C15H24N2O/c1-11(2)14-6-4-13(5-7-14)8-9-17-15(18)12(3)10-16/h4-7,11-12H,8-10,16H2,1-3H3,(H,17,18). The maximum Gasteiger partial charge on any atom is 0.224 e. The maximum absolute atomic E-state index is 11.5. The molecule has 0 aliphatic rings. The molecule has 1 aromatic carbocycles. The van der Waals surface area contributed by atoms with Crippen molar-refractivity contribution in [3.05, 3.63) is 35.4 Å². The first-order valence-corrected chi connectivity index (χ1v) is 6.61. The number of nitrogens with one attached hydrogen (secondary N) is 1. The van der Waals surface area contributed by atoms with Crippen molar-refractivity contribution in [2.24, 2.45) is 11.7 Å². The molecule has 0 heterocycles. The first-order valence-electron chi connectivity index (χ1n) is 6.61. The van der Waals surface area contributed by atoms with Crippen molar-refractivity contribution in [1.29, 1.82) is 0 Å². The van der Waals surface area contributed by atoms with Crippen LogP contribution in [0.25, 0.3) is 0 Å². The summed E-state index contributed by atoms with van der Waals surface area (Å²) in [6.45, 7) is 7.28. The van der Waals surface area contributed by atoms with E-state index in [1.54, 1.807) is 0 Å². The second-order valence-electron chi connectivity index (χ2n) is 5.07. The summed E-state index contributed by atoms with van der Waals surface area (Å²) in [6, 6.07) is 8.58. The Morgan fingerprint density at radius 2 is 1.83 bits per heavy atom. The average Bonchev–Trinajstić information content (AvgIpc) is 2.38. The van der Waals surface area contributed by atoms with Crippen molar-refractivity contribution in [2.45, 2.75) is 33.1 Å². The number of carbonyl (C=O) groups excluding carboxylic acids is 1. The van der Waals surface area contributed by atoms with Gasteiger partial charge in [-0.1, -0.05) is 45.0 Å². The molecule has 0 saturated heterocycles. The first kappa shape index (κ1) is 14.7. The largest absolute Gasteiger partial charge is 0.355 e. The molecule has 1 rings (SSSR count). The summed E-state index contributed by atoms with van der Waals surface area (Å²) >= 11 is 0. The van der Waals surface area contributed by atoms with Crippen LogP contribution in [0.2, 0.25) is 0 Å². The summed E-state index contributed by atoms with van der Waals surface area (Å²) in [4.78, 5) is 11.5. The highest BCUT2D eigenvalue weighted by Gasteiger charge is 2.09. The lowest BCUT2D eigenvalue weighted by molar-refractivity contribution is -0.124. The Hall–Kier alpha value is -1.35. The third-order valence-electron chi connectivity index (χ3n) is 3.16. The Bertz CT molecular complexity index is 371. The molecular weight excluding hydrogens is 224 g/mol. The molecule has 1 aromatic rings. The van der Waals surface area contributed by atoms with Gasteiger partial charge in [-0.2, -0.15) is 0 Å². The van der Waals surface area contributed by atoms with Crippen LogP contribution in [0.3, 0.4) is 0 Å². The van der Waals surface area contributed by atoms with Gasteiger partial charge in [-0.05, 0) is 23.5 Å². The van der Waals surface area contributed by atoms with Gasteiger partial charge >= 0.3 is 0 Å². The van der Waals surface area contributed by atoms with E-state index in [1.807, 2.05) is 6.92 Å². The molecule has 0 bridgehead atoms. The average molecular weight is 248 g/mol. The van der Waals surface area contributed by atoms with Crippen LogP contribution in [0.15, 0.2) is 24.3 Å². The van der Waals surface area contributed by atoms with E-state index in [4.69, 9.17) is 5.73 Å². The van der Waals surface area contributed by atoms with Gasteiger partial charge < -0.3 is 11.1 Å². The summed E-state index contributed by atoms with van der Waals surface area (Å²) in [6.07, 6.45) is 0.863. The fraction of sp³-hybridized carbons (Fsp3) is 0.533. The highest BCUT2D eigenvalue weighted by molar-refractivity contribution is 5.78. The molecule has 0 fully saturated rings. The van der Waals surface area contributed by atoms with Gasteiger partial charge in [0.25, 0.3) is 0 Å². The van der Waals surface area contributed by atoms with Crippen LogP contribution < -0.4 is 11.1 Å². The van der Waals surface area contributed by atoms with Crippen molar-refractivity contribution >= 4 is 5.91 Å². The second kappa shape index (κ2) is 7.17. The van der Waals surface area contributed by atoms with Crippen molar-refractivity contribution in [1.82, 2.24) is 5.32 Å². The van der Waals surface area contributed by atoms with Crippen LogP contribution in [0, 0.1) is 5.92 Å². The zero-order valence-corrected chi connectivity index (χ0v) is 11.6. The number of benzene rings is 1. The van der Waals surface area contributed by atoms with E-state index in [1.165, 1.54) is 11.1 Å². The van der Waals surface area contributed by atoms with Crippen LogP contribution in [-0.2, 0) is 11.2 Å². The SMILES string of the molecule is CC(CN)C(=O)NCCc1ccc(C(C)C)cc1. The van der Waals surface area contributed by atoms with Gasteiger partial charge in [0.15, 0.2) is 0 Å². The van der Waals surface area contributed by atoms with Crippen LogP contribution in [0.1, 0.15) is 37.8 Å². The third-order valence-corrected chi connectivity index (χ3v) is 3.16. The van der Waals surface area contributed by atoms with Crippen molar-refractivity contribution < 1.29 is 4.79 Å². The molecule has 0 spiro atoms. The molecule has 100 valence electrons. The number of nitrogens with two attached hydrogens (primary N) is 1.